The lowest BCUT2D eigenvalue weighted by atomic mass is 10.2. The summed E-state index contributed by atoms with van der Waals surface area (Å²) in [5, 5.41) is 3.52. The molecule has 0 fully saturated rings. The first kappa shape index (κ1) is 17.9. The van der Waals surface area contributed by atoms with Crippen LogP contribution >= 0.6 is 11.6 Å². The maximum absolute atomic E-state index is 12.4. The van der Waals surface area contributed by atoms with Crippen LogP contribution in [0.1, 0.15) is 18.1 Å². The van der Waals surface area contributed by atoms with Crippen LogP contribution in [0.3, 0.4) is 0 Å². The molecule has 3 aromatic rings. The van der Waals surface area contributed by atoms with Crippen LogP contribution in [0.15, 0.2) is 55.2 Å². The molecule has 0 saturated heterocycles. The normalized spacial score (nSPS) is 11.8. The minimum atomic E-state index is -0.636. The minimum Gasteiger partial charge on any atom is -0.481 e. The molecule has 7 heteroatoms. The summed E-state index contributed by atoms with van der Waals surface area (Å²) in [6.45, 7) is 3.94. The molecule has 0 aliphatic carbocycles. The molecule has 0 bridgehead atoms. The van der Waals surface area contributed by atoms with Crippen LogP contribution in [0, 0.1) is 6.92 Å². The number of halogens is 1. The van der Waals surface area contributed by atoms with Gasteiger partial charge >= 0.3 is 0 Å². The Morgan fingerprint density at radius 2 is 2.19 bits per heavy atom. The molecule has 134 valence electrons. The Bertz CT molecular complexity index is 896. The predicted molar refractivity (Wildman–Crippen MR) is 99.5 cm³/mol. The molecule has 1 amide bonds. The van der Waals surface area contributed by atoms with Gasteiger partial charge in [0.25, 0.3) is 5.91 Å². The molecular formula is C19H19ClN4O2. The van der Waals surface area contributed by atoms with Gasteiger partial charge < -0.3 is 10.1 Å². The van der Waals surface area contributed by atoms with E-state index in [0.29, 0.717) is 17.3 Å². The van der Waals surface area contributed by atoms with Crippen molar-refractivity contribution in [2.45, 2.75) is 26.5 Å². The first-order valence-corrected chi connectivity index (χ1v) is 8.55. The third kappa shape index (κ3) is 4.21. The highest BCUT2D eigenvalue weighted by Crippen LogP contribution is 2.22. The van der Waals surface area contributed by atoms with Gasteiger partial charge in [0.05, 0.1) is 0 Å². The molecule has 0 unspecified atom stereocenters. The highest BCUT2D eigenvalue weighted by Gasteiger charge is 2.16. The van der Waals surface area contributed by atoms with E-state index in [1.807, 2.05) is 25.3 Å². The molecule has 0 spiro atoms. The smallest absolute Gasteiger partial charge is 0.261 e. The average Bonchev–Trinajstić information content (AvgIpc) is 3.16. The average molecular weight is 371 g/mol. The molecule has 26 heavy (non-hydrogen) atoms. The zero-order chi connectivity index (χ0) is 18.5. The summed E-state index contributed by atoms with van der Waals surface area (Å²) in [5.41, 5.74) is 1.76. The Kier molecular flexibility index (Phi) is 5.53. The molecule has 1 aromatic carbocycles. The second kappa shape index (κ2) is 8.01. The van der Waals surface area contributed by atoms with Gasteiger partial charge in [0, 0.05) is 35.7 Å². The van der Waals surface area contributed by atoms with Gasteiger partial charge in [-0.2, -0.15) is 0 Å². The van der Waals surface area contributed by atoms with E-state index in [9.17, 15) is 4.79 Å². The van der Waals surface area contributed by atoms with Crippen molar-refractivity contribution in [2.75, 3.05) is 0 Å². The summed E-state index contributed by atoms with van der Waals surface area (Å²) in [7, 11) is 0. The van der Waals surface area contributed by atoms with Gasteiger partial charge in [-0.25, -0.2) is 9.97 Å². The van der Waals surface area contributed by atoms with Gasteiger partial charge in [-0.05, 0) is 43.7 Å². The molecule has 3 rings (SSSR count). The lowest BCUT2D eigenvalue weighted by Gasteiger charge is -2.17. The number of benzene rings is 1. The van der Waals surface area contributed by atoms with Crippen molar-refractivity contribution in [3.63, 3.8) is 0 Å². The second-order valence-electron chi connectivity index (χ2n) is 5.84. The van der Waals surface area contributed by atoms with E-state index in [4.69, 9.17) is 16.3 Å². The van der Waals surface area contributed by atoms with Gasteiger partial charge in [0.15, 0.2) is 6.10 Å². The highest BCUT2D eigenvalue weighted by molar-refractivity contribution is 6.30. The quantitative estimate of drug-likeness (QED) is 0.722. The SMILES string of the molecule is Cc1cc(Cl)ccc1O[C@@H](C)C(=O)NCc1cccnc1-n1ccnc1. The van der Waals surface area contributed by atoms with Crippen molar-refractivity contribution in [1.82, 2.24) is 19.9 Å². The molecule has 0 radical (unpaired) electrons. The lowest BCUT2D eigenvalue weighted by molar-refractivity contribution is -0.127. The topological polar surface area (TPSA) is 69.0 Å². The predicted octanol–water partition coefficient (Wildman–Crippen LogP) is 3.31. The van der Waals surface area contributed by atoms with E-state index < -0.39 is 6.10 Å². The van der Waals surface area contributed by atoms with Gasteiger partial charge in [-0.1, -0.05) is 17.7 Å². The molecule has 1 N–H and O–H groups in total. The van der Waals surface area contributed by atoms with Crippen molar-refractivity contribution >= 4 is 17.5 Å². The van der Waals surface area contributed by atoms with Crippen LogP contribution in [0.4, 0.5) is 0 Å². The summed E-state index contributed by atoms with van der Waals surface area (Å²) in [5.74, 6) is 1.16. The fraction of sp³-hybridized carbons (Fsp3) is 0.211. The van der Waals surface area contributed by atoms with E-state index in [1.165, 1.54) is 0 Å². The molecule has 2 heterocycles. The minimum absolute atomic E-state index is 0.209. The molecule has 0 aliphatic rings. The number of rotatable bonds is 6. The molecular weight excluding hydrogens is 352 g/mol. The molecule has 2 aromatic heterocycles. The number of hydrogen-bond acceptors (Lipinski definition) is 4. The maximum atomic E-state index is 12.4. The van der Waals surface area contributed by atoms with Crippen molar-refractivity contribution in [1.29, 1.82) is 0 Å². The first-order chi connectivity index (χ1) is 12.5. The van der Waals surface area contributed by atoms with Crippen molar-refractivity contribution < 1.29 is 9.53 Å². The zero-order valence-electron chi connectivity index (χ0n) is 14.5. The number of imidazole rings is 1. The Morgan fingerprint density at radius 1 is 1.35 bits per heavy atom. The van der Waals surface area contributed by atoms with Crippen LogP contribution in [-0.4, -0.2) is 26.5 Å². The van der Waals surface area contributed by atoms with E-state index in [1.54, 1.807) is 48.4 Å². The summed E-state index contributed by atoms with van der Waals surface area (Å²) in [4.78, 5) is 20.8. The number of amides is 1. The number of hydrogen-bond donors (Lipinski definition) is 1. The molecule has 6 nitrogen and oxygen atoms in total. The van der Waals surface area contributed by atoms with Crippen molar-refractivity contribution in [3.05, 3.63) is 71.4 Å². The standard InChI is InChI=1S/C19H19ClN4O2/c1-13-10-16(20)5-6-17(13)26-14(2)19(25)23-11-15-4-3-7-22-18(15)24-9-8-21-12-24/h3-10,12,14H,11H2,1-2H3,(H,23,25)/t14-/m0/s1. The largest absolute Gasteiger partial charge is 0.481 e. The Balaban J connectivity index is 1.64. The first-order valence-electron chi connectivity index (χ1n) is 8.17. The summed E-state index contributed by atoms with van der Waals surface area (Å²) >= 11 is 5.94. The number of nitrogens with zero attached hydrogens (tertiary/aromatic N) is 3. The number of pyridine rings is 1. The fourth-order valence-electron chi connectivity index (χ4n) is 2.50. The number of carbonyl (C=O) groups is 1. The van der Waals surface area contributed by atoms with Crippen LogP contribution in [0.25, 0.3) is 5.82 Å². The second-order valence-corrected chi connectivity index (χ2v) is 6.28. The lowest BCUT2D eigenvalue weighted by Crippen LogP contribution is -2.36. The molecule has 1 atom stereocenters. The van der Waals surface area contributed by atoms with Gasteiger partial charge in [0.1, 0.15) is 17.9 Å². The van der Waals surface area contributed by atoms with Crippen LogP contribution < -0.4 is 10.1 Å². The van der Waals surface area contributed by atoms with Crippen LogP contribution in [0.5, 0.6) is 5.75 Å². The van der Waals surface area contributed by atoms with Gasteiger partial charge in [0.2, 0.25) is 0 Å². The third-order valence-electron chi connectivity index (χ3n) is 3.88. The van der Waals surface area contributed by atoms with Gasteiger partial charge in [-0.3, -0.25) is 9.36 Å². The van der Waals surface area contributed by atoms with Gasteiger partial charge in [-0.15, -0.1) is 0 Å². The molecule has 0 saturated carbocycles. The molecule has 0 aliphatic heterocycles. The summed E-state index contributed by atoms with van der Waals surface area (Å²) in [6.07, 6.45) is 6.23. The van der Waals surface area contributed by atoms with Crippen molar-refractivity contribution in [2.24, 2.45) is 0 Å². The fourth-order valence-corrected chi connectivity index (χ4v) is 2.73. The Hall–Kier alpha value is -2.86. The van der Waals surface area contributed by atoms with E-state index in [0.717, 1.165) is 16.9 Å². The highest BCUT2D eigenvalue weighted by atomic mass is 35.5. The third-order valence-corrected chi connectivity index (χ3v) is 4.11. The number of carbonyl (C=O) groups excluding carboxylic acids is 1. The number of aromatic nitrogens is 3. The zero-order valence-corrected chi connectivity index (χ0v) is 15.3. The van der Waals surface area contributed by atoms with E-state index in [2.05, 4.69) is 15.3 Å². The number of nitrogens with one attached hydrogen (secondary N) is 1. The monoisotopic (exact) mass is 370 g/mol. The van der Waals surface area contributed by atoms with E-state index in [-0.39, 0.29) is 5.91 Å². The number of aryl methyl sites for hydroxylation is 1. The van der Waals surface area contributed by atoms with Crippen LogP contribution in [-0.2, 0) is 11.3 Å². The summed E-state index contributed by atoms with van der Waals surface area (Å²) < 4.78 is 7.56. The number of ether oxygens (including phenoxy) is 1. The Morgan fingerprint density at radius 3 is 2.92 bits per heavy atom. The maximum Gasteiger partial charge on any atom is 0.261 e. The van der Waals surface area contributed by atoms with E-state index >= 15 is 0 Å². The van der Waals surface area contributed by atoms with Crippen molar-refractivity contribution in [3.8, 4) is 11.6 Å². The van der Waals surface area contributed by atoms with Crippen LogP contribution in [0.2, 0.25) is 5.02 Å². The summed E-state index contributed by atoms with van der Waals surface area (Å²) in [6, 6.07) is 9.05. The Labute approximate surface area is 156 Å².